The van der Waals surface area contributed by atoms with Crippen LogP contribution in [0.2, 0.25) is 0 Å². The number of carbonyl (C=O) groups excluding carboxylic acids is 1. The first-order chi connectivity index (χ1) is 12.1. The van der Waals surface area contributed by atoms with Gasteiger partial charge in [0.25, 0.3) is 0 Å². The number of amides is 1. The molecule has 0 radical (unpaired) electrons. The molecule has 0 saturated heterocycles. The summed E-state index contributed by atoms with van der Waals surface area (Å²) in [7, 11) is 0. The van der Waals surface area contributed by atoms with E-state index >= 15 is 0 Å². The number of rotatable bonds is 7. The van der Waals surface area contributed by atoms with Crippen LogP contribution in [0.4, 0.5) is 5.82 Å². The first-order valence-electron chi connectivity index (χ1n) is 7.57. The molecule has 0 aliphatic rings. The quantitative estimate of drug-likeness (QED) is 0.452. The van der Waals surface area contributed by atoms with Crippen molar-refractivity contribution >= 4 is 28.9 Å². The Morgan fingerprint density at radius 2 is 1.92 bits per heavy atom. The molecule has 0 saturated carbocycles. The van der Waals surface area contributed by atoms with Gasteiger partial charge in [0.1, 0.15) is 17.9 Å². The summed E-state index contributed by atoms with van der Waals surface area (Å²) in [5.41, 5.74) is 1.89. The van der Waals surface area contributed by atoms with Crippen LogP contribution in [0.3, 0.4) is 0 Å². The van der Waals surface area contributed by atoms with Crippen LogP contribution in [0.1, 0.15) is 5.56 Å². The number of fused-ring (bicyclic) bond motifs is 1. The average molecular weight is 358 g/mol. The van der Waals surface area contributed by atoms with Crippen molar-refractivity contribution in [1.82, 2.24) is 25.3 Å². The fourth-order valence-electron chi connectivity index (χ4n) is 2.36. The van der Waals surface area contributed by atoms with Gasteiger partial charge < -0.3 is 26.2 Å². The third-order valence-electron chi connectivity index (χ3n) is 3.56. The van der Waals surface area contributed by atoms with E-state index in [1.807, 2.05) is 30.3 Å². The highest BCUT2D eigenvalue weighted by molar-refractivity contribution is 5.88. The zero-order valence-electron chi connectivity index (χ0n) is 13.6. The van der Waals surface area contributed by atoms with Gasteiger partial charge in [0, 0.05) is 6.42 Å². The van der Waals surface area contributed by atoms with Crippen LogP contribution >= 0.6 is 0 Å². The van der Waals surface area contributed by atoms with Crippen LogP contribution in [-0.4, -0.2) is 55.0 Å². The second-order valence-electron chi connectivity index (χ2n) is 5.33. The van der Waals surface area contributed by atoms with Crippen LogP contribution in [0.5, 0.6) is 0 Å². The predicted molar refractivity (Wildman–Crippen MR) is 93.5 cm³/mol. The van der Waals surface area contributed by atoms with E-state index in [1.54, 1.807) is 0 Å². The van der Waals surface area contributed by atoms with E-state index in [-0.39, 0.29) is 18.4 Å². The van der Waals surface area contributed by atoms with Crippen molar-refractivity contribution < 1.29 is 20.2 Å². The lowest BCUT2D eigenvalue weighted by atomic mass is 10.1. The Labute approximate surface area is 148 Å². The summed E-state index contributed by atoms with van der Waals surface area (Å²) >= 11 is 0. The minimum atomic E-state index is -1.09. The molecule has 0 fully saturated rings. The summed E-state index contributed by atoms with van der Waals surface area (Å²) in [4.78, 5) is 38.4. The van der Waals surface area contributed by atoms with Gasteiger partial charge in [0.05, 0.1) is 12.9 Å². The number of carbonyl (C=O) groups is 2. The Balaban J connectivity index is 0.00000243. The van der Waals surface area contributed by atoms with Crippen LogP contribution in [0.15, 0.2) is 43.0 Å². The monoisotopic (exact) mass is 358 g/mol. The van der Waals surface area contributed by atoms with E-state index in [2.05, 4.69) is 30.6 Å². The lowest BCUT2D eigenvalue weighted by molar-refractivity contribution is -0.141. The number of aromatic nitrogens is 4. The molecule has 1 aromatic carbocycles. The zero-order chi connectivity index (χ0) is 17.6. The van der Waals surface area contributed by atoms with Crippen LogP contribution in [0, 0.1) is 0 Å². The SMILES string of the molecule is O.O=C(CNc1ncnc2nc[nH]c12)N[C@@H](Cc1ccccc1)C(=O)O. The van der Waals surface area contributed by atoms with Crippen LogP contribution in [0.25, 0.3) is 11.2 Å². The van der Waals surface area contributed by atoms with Crippen molar-refractivity contribution in [1.29, 1.82) is 0 Å². The molecule has 0 aliphatic carbocycles. The fraction of sp³-hybridized carbons (Fsp3) is 0.188. The summed E-state index contributed by atoms with van der Waals surface area (Å²) < 4.78 is 0. The number of nitrogens with one attached hydrogen (secondary N) is 3. The van der Waals surface area contributed by atoms with Gasteiger partial charge in [-0.3, -0.25) is 4.79 Å². The smallest absolute Gasteiger partial charge is 0.326 e. The molecule has 3 aromatic rings. The number of benzene rings is 1. The Bertz CT molecular complexity index is 883. The minimum absolute atomic E-state index is 0. The van der Waals surface area contributed by atoms with E-state index in [4.69, 9.17) is 0 Å². The number of carboxylic acids is 1. The molecule has 0 bridgehead atoms. The van der Waals surface area contributed by atoms with Crippen molar-refractivity contribution in [3.63, 3.8) is 0 Å². The van der Waals surface area contributed by atoms with Crippen LogP contribution < -0.4 is 10.6 Å². The maximum Gasteiger partial charge on any atom is 0.326 e. The molecule has 2 aromatic heterocycles. The lowest BCUT2D eigenvalue weighted by Crippen LogP contribution is -2.44. The number of nitrogens with zero attached hydrogens (tertiary/aromatic N) is 3. The molecule has 2 heterocycles. The van der Waals surface area contributed by atoms with E-state index in [0.29, 0.717) is 17.0 Å². The lowest BCUT2D eigenvalue weighted by Gasteiger charge is -2.15. The third-order valence-corrected chi connectivity index (χ3v) is 3.56. The van der Waals surface area contributed by atoms with Gasteiger partial charge >= 0.3 is 5.97 Å². The maximum absolute atomic E-state index is 12.1. The molecule has 0 unspecified atom stereocenters. The highest BCUT2D eigenvalue weighted by Crippen LogP contribution is 2.13. The number of H-pyrrole nitrogens is 1. The van der Waals surface area contributed by atoms with Gasteiger partial charge in [-0.1, -0.05) is 30.3 Å². The fourth-order valence-corrected chi connectivity index (χ4v) is 2.36. The Kier molecular flexibility index (Phi) is 6.17. The summed E-state index contributed by atoms with van der Waals surface area (Å²) in [6, 6.07) is 8.12. The number of aliphatic carboxylic acids is 1. The second-order valence-corrected chi connectivity index (χ2v) is 5.33. The molecule has 26 heavy (non-hydrogen) atoms. The summed E-state index contributed by atoms with van der Waals surface area (Å²) in [5.74, 6) is -1.11. The first-order valence-corrected chi connectivity index (χ1v) is 7.57. The maximum atomic E-state index is 12.1. The Morgan fingerprint density at radius 1 is 1.15 bits per heavy atom. The molecule has 136 valence electrons. The predicted octanol–water partition coefficient (Wildman–Crippen LogP) is -0.248. The first kappa shape index (κ1) is 18.8. The van der Waals surface area contributed by atoms with Crippen molar-refractivity contribution in [2.75, 3.05) is 11.9 Å². The van der Waals surface area contributed by atoms with Gasteiger partial charge in [0.15, 0.2) is 11.5 Å². The highest BCUT2D eigenvalue weighted by atomic mass is 16.4. The number of hydrogen-bond donors (Lipinski definition) is 4. The normalized spacial score (nSPS) is 11.4. The van der Waals surface area contributed by atoms with E-state index in [9.17, 15) is 14.7 Å². The highest BCUT2D eigenvalue weighted by Gasteiger charge is 2.20. The molecular formula is C16H18N6O4. The Hall–Kier alpha value is -3.53. The van der Waals surface area contributed by atoms with Crippen molar-refractivity contribution in [3.05, 3.63) is 48.5 Å². The number of anilines is 1. The molecule has 0 spiro atoms. The van der Waals surface area contributed by atoms with E-state index < -0.39 is 17.9 Å². The van der Waals surface area contributed by atoms with Gasteiger partial charge in [-0.15, -0.1) is 0 Å². The largest absolute Gasteiger partial charge is 0.480 e. The van der Waals surface area contributed by atoms with Gasteiger partial charge in [-0.25, -0.2) is 19.7 Å². The molecule has 0 aliphatic heterocycles. The summed E-state index contributed by atoms with van der Waals surface area (Å²) in [6.07, 6.45) is 3.02. The number of carboxylic acid groups (broad SMARTS) is 1. The average Bonchev–Trinajstić information content (AvgIpc) is 3.09. The van der Waals surface area contributed by atoms with E-state index in [1.165, 1.54) is 12.7 Å². The van der Waals surface area contributed by atoms with E-state index in [0.717, 1.165) is 5.56 Å². The van der Waals surface area contributed by atoms with Crippen molar-refractivity contribution in [3.8, 4) is 0 Å². The summed E-state index contributed by atoms with van der Waals surface area (Å²) in [6.45, 7) is -0.121. The van der Waals surface area contributed by atoms with Gasteiger partial charge in [0.2, 0.25) is 5.91 Å². The number of imidazole rings is 1. The molecule has 10 nitrogen and oxygen atoms in total. The van der Waals surface area contributed by atoms with Crippen molar-refractivity contribution in [2.24, 2.45) is 0 Å². The third kappa shape index (κ3) is 4.51. The van der Waals surface area contributed by atoms with Gasteiger partial charge in [-0.2, -0.15) is 0 Å². The molecule has 10 heteroatoms. The Morgan fingerprint density at radius 3 is 2.65 bits per heavy atom. The minimum Gasteiger partial charge on any atom is -0.480 e. The molecule has 1 atom stereocenters. The molecule has 1 amide bonds. The standard InChI is InChI=1S/C16H16N6O3.H2O/c23-12(7-17-14-13-15(19-8-18-13)21-9-20-14)22-11(16(24)25)6-10-4-2-1-3-5-10;/h1-5,8-9,11H,6-7H2,(H,22,23)(H,24,25)(H2,17,18,19,20,21);1H2/t11-;/m0./s1. The number of hydrogen-bond acceptors (Lipinski definition) is 6. The number of aromatic amines is 1. The van der Waals surface area contributed by atoms with Crippen LogP contribution in [-0.2, 0) is 16.0 Å². The molecule has 6 N–H and O–H groups in total. The zero-order valence-corrected chi connectivity index (χ0v) is 13.6. The molecular weight excluding hydrogens is 340 g/mol. The second kappa shape index (κ2) is 8.53. The van der Waals surface area contributed by atoms with Crippen molar-refractivity contribution in [2.45, 2.75) is 12.5 Å². The topological polar surface area (TPSA) is 164 Å². The summed E-state index contributed by atoms with van der Waals surface area (Å²) in [5, 5.41) is 14.7. The molecule has 3 rings (SSSR count). The van der Waals surface area contributed by atoms with Gasteiger partial charge in [-0.05, 0) is 5.56 Å².